The molecule has 136 valence electrons. The molecule has 1 aromatic rings. The third-order valence-electron chi connectivity index (χ3n) is 3.67. The molecule has 1 aromatic carbocycles. The largest absolute Gasteiger partial charge is 0.497 e. The van der Waals surface area contributed by atoms with E-state index in [-0.39, 0.29) is 24.8 Å². The highest BCUT2D eigenvalue weighted by atomic mass is 35.5. The smallest absolute Gasteiger partial charge is 0.264 e. The Bertz CT molecular complexity index is 663. The minimum Gasteiger partial charge on any atom is -0.497 e. The summed E-state index contributed by atoms with van der Waals surface area (Å²) in [6, 6.07) is 5.21. The maximum absolute atomic E-state index is 12.1. The maximum Gasteiger partial charge on any atom is 0.264 e. The number of nitrogens with zero attached hydrogens (tertiary/aromatic N) is 1. The lowest BCUT2D eigenvalue weighted by Crippen LogP contribution is -2.37. The van der Waals surface area contributed by atoms with Crippen molar-refractivity contribution in [3.05, 3.63) is 28.8 Å². The summed E-state index contributed by atoms with van der Waals surface area (Å²) in [7, 11) is 1.56. The molecule has 2 amide bonds. The molecular weight excluding hydrogens is 346 g/mol. The summed E-state index contributed by atoms with van der Waals surface area (Å²) in [5.74, 6) is 0.253. The molecule has 1 aliphatic rings. The van der Waals surface area contributed by atoms with E-state index < -0.39 is 6.10 Å². The van der Waals surface area contributed by atoms with Crippen LogP contribution in [0.5, 0.6) is 5.75 Å². The highest BCUT2D eigenvalue weighted by molar-refractivity contribution is 6.34. The molecular formula is C17H22ClN3O4. The Morgan fingerprint density at radius 2 is 2.16 bits per heavy atom. The predicted molar refractivity (Wildman–Crippen MR) is 95.0 cm³/mol. The van der Waals surface area contributed by atoms with Gasteiger partial charge in [-0.1, -0.05) is 23.7 Å². The Labute approximate surface area is 151 Å². The lowest BCUT2D eigenvalue weighted by atomic mass is 10.0. The number of nitrogens with one attached hydrogen (secondary N) is 2. The van der Waals surface area contributed by atoms with Crippen molar-refractivity contribution in [2.24, 2.45) is 5.16 Å². The molecule has 2 rings (SSSR count). The van der Waals surface area contributed by atoms with Crippen molar-refractivity contribution in [3.63, 3.8) is 0 Å². The molecule has 2 N–H and O–H groups in total. The quantitative estimate of drug-likeness (QED) is 0.734. The van der Waals surface area contributed by atoms with Crippen LogP contribution in [0.2, 0.25) is 5.02 Å². The molecule has 0 aliphatic carbocycles. The summed E-state index contributed by atoms with van der Waals surface area (Å²) in [6.45, 7) is 2.87. The molecule has 0 spiro atoms. The van der Waals surface area contributed by atoms with Gasteiger partial charge in [0.15, 0.2) is 0 Å². The van der Waals surface area contributed by atoms with E-state index >= 15 is 0 Å². The molecule has 0 saturated heterocycles. The highest BCUT2D eigenvalue weighted by Crippen LogP contribution is 2.26. The second kappa shape index (κ2) is 9.27. The van der Waals surface area contributed by atoms with Crippen LogP contribution in [-0.4, -0.2) is 43.8 Å². The van der Waals surface area contributed by atoms with Gasteiger partial charge in [-0.3, -0.25) is 9.59 Å². The van der Waals surface area contributed by atoms with E-state index in [1.165, 1.54) is 0 Å². The van der Waals surface area contributed by atoms with Gasteiger partial charge in [0.2, 0.25) is 12.0 Å². The lowest BCUT2D eigenvalue weighted by Gasteiger charge is -2.10. The van der Waals surface area contributed by atoms with E-state index in [4.69, 9.17) is 21.2 Å². The van der Waals surface area contributed by atoms with Crippen molar-refractivity contribution in [1.82, 2.24) is 10.6 Å². The Morgan fingerprint density at radius 3 is 2.88 bits per heavy atom. The standard InChI is InChI=1S/C17H22ClN3O4/c1-3-7-19-16(22)6-8-20-17(23)15-10-14(21-25-15)12-9-11(24-2)4-5-13(12)18/h4-5,9,15H,3,6-8,10H2,1-2H3,(H,19,22)(H,20,23)/t15-/m0/s1. The van der Waals surface area contributed by atoms with Crippen LogP contribution in [0.1, 0.15) is 31.7 Å². The SMILES string of the molecule is CCCNC(=O)CCNC(=O)[C@@H]1CC(c2cc(OC)ccc2Cl)=NO1. The molecule has 0 bridgehead atoms. The predicted octanol–water partition coefficient (Wildman–Crippen LogP) is 1.87. The molecule has 1 aliphatic heterocycles. The van der Waals surface area contributed by atoms with Gasteiger partial charge in [0.05, 0.1) is 17.8 Å². The topological polar surface area (TPSA) is 89.0 Å². The van der Waals surface area contributed by atoms with Gasteiger partial charge >= 0.3 is 0 Å². The number of amides is 2. The van der Waals surface area contributed by atoms with Crippen LogP contribution in [0, 0.1) is 0 Å². The normalized spacial score (nSPS) is 16.0. The third kappa shape index (κ3) is 5.35. The summed E-state index contributed by atoms with van der Waals surface area (Å²) < 4.78 is 5.18. The summed E-state index contributed by atoms with van der Waals surface area (Å²) in [4.78, 5) is 28.8. The molecule has 1 atom stereocenters. The average molecular weight is 368 g/mol. The zero-order valence-electron chi connectivity index (χ0n) is 14.3. The van der Waals surface area contributed by atoms with Crippen LogP contribution < -0.4 is 15.4 Å². The van der Waals surface area contributed by atoms with Crippen molar-refractivity contribution in [1.29, 1.82) is 0 Å². The molecule has 0 aromatic heterocycles. The Morgan fingerprint density at radius 1 is 1.36 bits per heavy atom. The Kier molecular flexibility index (Phi) is 7.06. The first-order valence-electron chi connectivity index (χ1n) is 8.16. The van der Waals surface area contributed by atoms with Crippen LogP contribution in [0.15, 0.2) is 23.4 Å². The average Bonchev–Trinajstić information content (AvgIpc) is 3.10. The van der Waals surface area contributed by atoms with E-state index in [0.29, 0.717) is 35.0 Å². The Hall–Kier alpha value is -2.28. The fraction of sp³-hybridized carbons (Fsp3) is 0.471. The van der Waals surface area contributed by atoms with E-state index in [2.05, 4.69) is 15.8 Å². The number of hydrogen-bond acceptors (Lipinski definition) is 5. The second-order valence-corrected chi connectivity index (χ2v) is 5.98. The number of halogens is 1. The van der Waals surface area contributed by atoms with E-state index in [0.717, 1.165) is 6.42 Å². The number of hydrogen-bond donors (Lipinski definition) is 2. The first-order chi connectivity index (χ1) is 12.0. The van der Waals surface area contributed by atoms with Crippen molar-refractivity contribution in [2.75, 3.05) is 20.2 Å². The lowest BCUT2D eigenvalue weighted by molar-refractivity contribution is -0.131. The van der Waals surface area contributed by atoms with E-state index in [1.807, 2.05) is 6.92 Å². The van der Waals surface area contributed by atoms with Gasteiger partial charge < -0.3 is 20.2 Å². The summed E-state index contributed by atoms with van der Waals surface area (Å²) in [5, 5.41) is 9.91. The molecule has 25 heavy (non-hydrogen) atoms. The van der Waals surface area contributed by atoms with Gasteiger partial charge in [-0.05, 0) is 24.6 Å². The van der Waals surface area contributed by atoms with Crippen molar-refractivity contribution >= 4 is 29.1 Å². The number of rotatable bonds is 8. The first-order valence-corrected chi connectivity index (χ1v) is 8.54. The zero-order chi connectivity index (χ0) is 18.2. The third-order valence-corrected chi connectivity index (χ3v) is 4.00. The summed E-state index contributed by atoms with van der Waals surface area (Å²) in [6.07, 6.45) is 0.686. The number of oxime groups is 1. The molecule has 0 saturated carbocycles. The second-order valence-electron chi connectivity index (χ2n) is 5.57. The summed E-state index contributed by atoms with van der Waals surface area (Å²) >= 11 is 6.18. The fourth-order valence-corrected chi connectivity index (χ4v) is 2.52. The number of carbonyl (C=O) groups is 2. The van der Waals surface area contributed by atoms with Crippen molar-refractivity contribution in [3.8, 4) is 5.75 Å². The first kappa shape index (κ1) is 19.1. The molecule has 0 unspecified atom stereocenters. The zero-order valence-corrected chi connectivity index (χ0v) is 15.1. The number of carbonyl (C=O) groups excluding carboxylic acids is 2. The molecule has 7 nitrogen and oxygen atoms in total. The van der Waals surface area contributed by atoms with Gasteiger partial charge in [-0.25, -0.2) is 0 Å². The summed E-state index contributed by atoms with van der Waals surface area (Å²) in [5.41, 5.74) is 1.26. The van der Waals surface area contributed by atoms with E-state index in [1.54, 1.807) is 25.3 Å². The molecule has 0 fully saturated rings. The minimum absolute atomic E-state index is 0.0883. The van der Waals surface area contributed by atoms with Gasteiger partial charge in [-0.15, -0.1) is 0 Å². The van der Waals surface area contributed by atoms with Crippen LogP contribution in [-0.2, 0) is 14.4 Å². The molecule has 8 heteroatoms. The van der Waals surface area contributed by atoms with Gasteiger partial charge in [0.25, 0.3) is 5.91 Å². The molecule has 0 radical (unpaired) electrons. The monoisotopic (exact) mass is 367 g/mol. The minimum atomic E-state index is -0.726. The van der Waals surface area contributed by atoms with Crippen LogP contribution in [0.3, 0.4) is 0 Å². The van der Waals surface area contributed by atoms with Gasteiger partial charge in [0.1, 0.15) is 5.75 Å². The van der Waals surface area contributed by atoms with Gasteiger partial charge in [0, 0.05) is 31.5 Å². The maximum atomic E-state index is 12.1. The van der Waals surface area contributed by atoms with Crippen LogP contribution >= 0.6 is 11.6 Å². The van der Waals surface area contributed by atoms with Crippen molar-refractivity contribution in [2.45, 2.75) is 32.3 Å². The van der Waals surface area contributed by atoms with E-state index in [9.17, 15) is 9.59 Å². The number of methoxy groups -OCH3 is 1. The Balaban J connectivity index is 1.83. The molecule has 1 heterocycles. The van der Waals surface area contributed by atoms with Crippen LogP contribution in [0.4, 0.5) is 0 Å². The van der Waals surface area contributed by atoms with Gasteiger partial charge in [-0.2, -0.15) is 0 Å². The number of benzene rings is 1. The number of ether oxygens (including phenoxy) is 1. The van der Waals surface area contributed by atoms with Crippen molar-refractivity contribution < 1.29 is 19.2 Å². The highest BCUT2D eigenvalue weighted by Gasteiger charge is 2.29. The van der Waals surface area contributed by atoms with Crippen LogP contribution in [0.25, 0.3) is 0 Å². The fourth-order valence-electron chi connectivity index (χ4n) is 2.30.